The lowest BCUT2D eigenvalue weighted by Crippen LogP contribution is -2.30. The van der Waals surface area contributed by atoms with E-state index >= 15 is 0 Å². The lowest BCUT2D eigenvalue weighted by atomic mass is 10.1. The molecule has 7 heteroatoms. The van der Waals surface area contributed by atoms with Crippen LogP contribution in [-0.2, 0) is 16.1 Å². The molecule has 0 heterocycles. The van der Waals surface area contributed by atoms with Crippen molar-refractivity contribution in [3.05, 3.63) is 33.9 Å². The van der Waals surface area contributed by atoms with Crippen LogP contribution in [0.1, 0.15) is 5.56 Å². The van der Waals surface area contributed by atoms with Crippen LogP contribution in [-0.4, -0.2) is 50.6 Å². The van der Waals surface area contributed by atoms with Crippen LogP contribution in [0.4, 0.5) is 11.4 Å². The fourth-order valence-corrected chi connectivity index (χ4v) is 1.85. The zero-order valence-electron chi connectivity index (χ0n) is 11.7. The van der Waals surface area contributed by atoms with Crippen molar-refractivity contribution < 1.29 is 19.5 Å². The normalized spacial score (nSPS) is 10.6. The first-order valence-electron chi connectivity index (χ1n) is 6.25. The van der Waals surface area contributed by atoms with Gasteiger partial charge in [0.25, 0.3) is 5.69 Å². The summed E-state index contributed by atoms with van der Waals surface area (Å²) in [5.74, 6) is 0. The summed E-state index contributed by atoms with van der Waals surface area (Å²) in [7, 11) is 3.23. The quantitative estimate of drug-likeness (QED) is 0.541. The molecule has 0 aromatic heterocycles. The van der Waals surface area contributed by atoms with Crippen LogP contribution in [0.2, 0.25) is 0 Å². The van der Waals surface area contributed by atoms with Crippen molar-refractivity contribution in [2.24, 2.45) is 0 Å². The van der Waals surface area contributed by atoms with Gasteiger partial charge in [-0.15, -0.1) is 0 Å². The highest BCUT2D eigenvalue weighted by Gasteiger charge is 2.15. The van der Waals surface area contributed by atoms with E-state index in [1.165, 1.54) is 6.07 Å². The second kappa shape index (κ2) is 8.47. The smallest absolute Gasteiger partial charge is 0.275 e. The number of benzene rings is 1. The number of ether oxygens (including phenoxy) is 2. The third-order valence-electron chi connectivity index (χ3n) is 2.93. The average molecular weight is 284 g/mol. The van der Waals surface area contributed by atoms with Crippen LogP contribution in [0.3, 0.4) is 0 Å². The van der Waals surface area contributed by atoms with Crippen molar-refractivity contribution in [1.29, 1.82) is 0 Å². The van der Waals surface area contributed by atoms with E-state index in [-0.39, 0.29) is 12.3 Å². The Labute approximate surface area is 117 Å². The highest BCUT2D eigenvalue weighted by atomic mass is 16.6. The molecule has 1 rings (SSSR count). The number of nitrogens with zero attached hydrogens (tertiary/aromatic N) is 2. The minimum atomic E-state index is -0.496. The Morgan fingerprint density at radius 3 is 2.30 bits per heavy atom. The van der Waals surface area contributed by atoms with Crippen LogP contribution in [0, 0.1) is 10.1 Å². The Bertz CT molecular complexity index is 431. The molecule has 7 nitrogen and oxygen atoms in total. The maximum atomic E-state index is 10.8. The van der Waals surface area contributed by atoms with Gasteiger partial charge in [-0.2, -0.15) is 0 Å². The highest BCUT2D eigenvalue weighted by Crippen LogP contribution is 2.25. The molecule has 0 spiro atoms. The zero-order chi connectivity index (χ0) is 15.0. The number of anilines is 1. The topological polar surface area (TPSA) is 85.1 Å². The van der Waals surface area contributed by atoms with Gasteiger partial charge < -0.3 is 19.5 Å². The Balaban J connectivity index is 2.97. The summed E-state index contributed by atoms with van der Waals surface area (Å²) in [6.07, 6.45) is 0. The maximum absolute atomic E-state index is 10.8. The van der Waals surface area contributed by atoms with E-state index in [0.29, 0.717) is 31.9 Å². The van der Waals surface area contributed by atoms with Gasteiger partial charge in [0.1, 0.15) is 0 Å². The average Bonchev–Trinajstić information content (AvgIpc) is 2.46. The van der Waals surface area contributed by atoms with Gasteiger partial charge in [0.05, 0.1) is 30.3 Å². The molecule has 20 heavy (non-hydrogen) atoms. The Morgan fingerprint density at radius 2 is 1.85 bits per heavy atom. The standard InChI is InChI=1S/C13H20N2O5/c1-19-7-5-14(6-8-20-2)12-3-4-13(15(17)18)11(9-12)10-16/h3-4,9,16H,5-8,10H2,1-2H3. The molecule has 1 N–H and O–H groups in total. The molecule has 0 amide bonds. The van der Waals surface area contributed by atoms with Crippen LogP contribution >= 0.6 is 0 Å². The molecule has 0 aliphatic rings. The number of aliphatic hydroxyl groups excluding tert-OH is 1. The first-order chi connectivity index (χ1) is 9.63. The SMILES string of the molecule is COCCN(CCOC)c1ccc([N+](=O)[O-])c(CO)c1. The second-order valence-electron chi connectivity index (χ2n) is 4.20. The number of rotatable bonds is 9. The lowest BCUT2D eigenvalue weighted by molar-refractivity contribution is -0.385. The van der Waals surface area contributed by atoms with Crippen LogP contribution in [0.25, 0.3) is 0 Å². The molecule has 1 aromatic rings. The summed E-state index contributed by atoms with van der Waals surface area (Å²) in [6.45, 7) is 1.99. The molecule has 0 radical (unpaired) electrons. The molecule has 0 fully saturated rings. The number of nitro benzene ring substituents is 1. The van der Waals surface area contributed by atoms with E-state index in [4.69, 9.17) is 9.47 Å². The van der Waals surface area contributed by atoms with Gasteiger partial charge in [-0.25, -0.2) is 0 Å². The summed E-state index contributed by atoms with van der Waals surface area (Å²) in [6, 6.07) is 4.71. The first kappa shape index (κ1) is 16.4. The van der Waals surface area contributed by atoms with Crippen LogP contribution in [0.15, 0.2) is 18.2 Å². The third kappa shape index (κ3) is 4.44. The summed E-state index contributed by atoms with van der Waals surface area (Å²) in [5.41, 5.74) is 1.02. The summed E-state index contributed by atoms with van der Waals surface area (Å²) in [4.78, 5) is 12.3. The van der Waals surface area contributed by atoms with Crippen molar-refractivity contribution in [2.75, 3.05) is 45.4 Å². The van der Waals surface area contributed by atoms with Gasteiger partial charge in [-0.05, 0) is 12.1 Å². The number of hydrogen-bond acceptors (Lipinski definition) is 6. The van der Waals surface area contributed by atoms with Gasteiger partial charge in [0.2, 0.25) is 0 Å². The molecular formula is C13H20N2O5. The van der Waals surface area contributed by atoms with Crippen molar-refractivity contribution in [2.45, 2.75) is 6.61 Å². The van der Waals surface area contributed by atoms with Gasteiger partial charge >= 0.3 is 0 Å². The molecular weight excluding hydrogens is 264 g/mol. The number of nitro groups is 1. The highest BCUT2D eigenvalue weighted by molar-refractivity contribution is 5.55. The molecule has 0 bridgehead atoms. The Kier molecular flexibility index (Phi) is 6.92. The van der Waals surface area contributed by atoms with E-state index in [1.807, 2.05) is 4.90 Å². The number of hydrogen-bond donors (Lipinski definition) is 1. The predicted molar refractivity (Wildman–Crippen MR) is 75.0 cm³/mol. The van der Waals surface area contributed by atoms with Crippen molar-refractivity contribution in [3.8, 4) is 0 Å². The third-order valence-corrected chi connectivity index (χ3v) is 2.93. The fraction of sp³-hybridized carbons (Fsp3) is 0.538. The molecule has 0 aliphatic heterocycles. The Morgan fingerprint density at radius 1 is 1.25 bits per heavy atom. The van der Waals surface area contributed by atoms with Crippen LogP contribution in [0.5, 0.6) is 0 Å². The molecule has 0 saturated carbocycles. The van der Waals surface area contributed by atoms with Gasteiger partial charge in [-0.3, -0.25) is 10.1 Å². The van der Waals surface area contributed by atoms with Gasteiger partial charge in [0.15, 0.2) is 0 Å². The summed E-state index contributed by atoms with van der Waals surface area (Å²) < 4.78 is 10.1. The van der Waals surface area contributed by atoms with Crippen molar-refractivity contribution in [1.82, 2.24) is 0 Å². The van der Waals surface area contributed by atoms with Gasteiger partial charge in [-0.1, -0.05) is 0 Å². The van der Waals surface area contributed by atoms with Crippen molar-refractivity contribution in [3.63, 3.8) is 0 Å². The molecule has 1 aromatic carbocycles. The minimum Gasteiger partial charge on any atom is -0.391 e. The summed E-state index contributed by atoms with van der Waals surface area (Å²) in [5, 5.41) is 20.1. The number of methoxy groups -OCH3 is 2. The predicted octanol–water partition coefficient (Wildman–Crippen LogP) is 1.19. The second-order valence-corrected chi connectivity index (χ2v) is 4.20. The van der Waals surface area contributed by atoms with E-state index in [9.17, 15) is 15.2 Å². The molecule has 0 atom stereocenters. The molecule has 0 aliphatic carbocycles. The molecule has 0 unspecified atom stereocenters. The molecule has 0 saturated heterocycles. The van der Waals surface area contributed by atoms with Crippen molar-refractivity contribution >= 4 is 11.4 Å². The zero-order valence-corrected chi connectivity index (χ0v) is 11.7. The van der Waals surface area contributed by atoms with E-state index in [2.05, 4.69) is 0 Å². The minimum absolute atomic E-state index is 0.0744. The Hall–Kier alpha value is -1.70. The fourth-order valence-electron chi connectivity index (χ4n) is 1.85. The largest absolute Gasteiger partial charge is 0.391 e. The van der Waals surface area contributed by atoms with Gasteiger partial charge in [0, 0.05) is 39.1 Å². The summed E-state index contributed by atoms with van der Waals surface area (Å²) >= 11 is 0. The monoisotopic (exact) mass is 284 g/mol. The maximum Gasteiger partial charge on any atom is 0.275 e. The van der Waals surface area contributed by atoms with E-state index in [0.717, 1.165) is 5.69 Å². The van der Waals surface area contributed by atoms with E-state index < -0.39 is 4.92 Å². The molecule has 112 valence electrons. The number of aliphatic hydroxyl groups is 1. The van der Waals surface area contributed by atoms with Crippen LogP contribution < -0.4 is 4.90 Å². The van der Waals surface area contributed by atoms with E-state index in [1.54, 1.807) is 26.4 Å². The first-order valence-corrected chi connectivity index (χ1v) is 6.25. The lowest BCUT2D eigenvalue weighted by Gasteiger charge is -2.24.